The molecule has 0 spiro atoms. The van der Waals surface area contributed by atoms with Crippen LogP contribution >= 0.6 is 58.0 Å². The molecule has 1 aromatic heterocycles. The highest BCUT2D eigenvalue weighted by molar-refractivity contribution is 14.1. The Morgan fingerprint density at radius 2 is 1.79 bits per heavy atom. The lowest BCUT2D eigenvalue weighted by Gasteiger charge is -2.09. The van der Waals surface area contributed by atoms with Gasteiger partial charge in [-0.3, -0.25) is 10.1 Å². The molecule has 0 saturated heterocycles. The molecule has 3 rings (SSSR count). The maximum Gasteiger partial charge on any atom is 0.250 e. The van der Waals surface area contributed by atoms with Crippen molar-refractivity contribution in [2.45, 2.75) is 0 Å². The van der Waals surface area contributed by atoms with Crippen LogP contribution in [-0.2, 0) is 4.79 Å². The van der Waals surface area contributed by atoms with E-state index < -0.39 is 0 Å². The van der Waals surface area contributed by atoms with E-state index in [0.717, 1.165) is 14.8 Å². The van der Waals surface area contributed by atoms with Gasteiger partial charge in [0.1, 0.15) is 11.5 Å². The van der Waals surface area contributed by atoms with Gasteiger partial charge in [0.2, 0.25) is 5.91 Å². The molecular weight excluding hydrogens is 530 g/mol. The van der Waals surface area contributed by atoms with Crippen molar-refractivity contribution >= 4 is 80.8 Å². The first-order valence-electron chi connectivity index (χ1n) is 8.01. The number of carbonyl (C=O) groups excluding carboxylic acids is 1. The first-order chi connectivity index (χ1) is 13.4. The monoisotopic (exact) mass is 542 g/mol. The van der Waals surface area contributed by atoms with Crippen LogP contribution in [0.5, 0.6) is 0 Å². The van der Waals surface area contributed by atoms with Gasteiger partial charge in [0.25, 0.3) is 0 Å². The largest absolute Gasteiger partial charge is 0.457 e. The molecule has 0 atom stereocenters. The lowest BCUT2D eigenvalue weighted by atomic mass is 10.2. The number of carbonyl (C=O) groups is 1. The minimum absolute atomic E-state index is 0.215. The van der Waals surface area contributed by atoms with E-state index >= 15 is 0 Å². The molecule has 0 aliphatic heterocycles. The SMILES string of the molecule is O=C(/C=C/c1ccc(-c2cc(Cl)cc(Cl)c2)o1)NC(=S)Nc1ccccc1I. The summed E-state index contributed by atoms with van der Waals surface area (Å²) < 4.78 is 6.71. The van der Waals surface area contributed by atoms with Gasteiger partial charge in [-0.2, -0.15) is 0 Å². The second kappa shape index (κ2) is 9.56. The van der Waals surface area contributed by atoms with E-state index in [9.17, 15) is 4.79 Å². The van der Waals surface area contributed by atoms with E-state index in [-0.39, 0.29) is 11.0 Å². The molecular formula is C20H13Cl2IN2O2S. The highest BCUT2D eigenvalue weighted by atomic mass is 127. The summed E-state index contributed by atoms with van der Waals surface area (Å²) in [6.07, 6.45) is 2.90. The van der Waals surface area contributed by atoms with E-state index in [4.69, 9.17) is 39.8 Å². The van der Waals surface area contributed by atoms with Gasteiger partial charge >= 0.3 is 0 Å². The number of furan rings is 1. The zero-order chi connectivity index (χ0) is 20.1. The zero-order valence-corrected chi connectivity index (χ0v) is 18.7. The van der Waals surface area contributed by atoms with Crippen molar-refractivity contribution in [2.75, 3.05) is 5.32 Å². The summed E-state index contributed by atoms with van der Waals surface area (Å²) in [4.78, 5) is 12.1. The summed E-state index contributed by atoms with van der Waals surface area (Å²) in [7, 11) is 0. The molecule has 2 aromatic carbocycles. The Balaban J connectivity index is 1.61. The van der Waals surface area contributed by atoms with Crippen LogP contribution < -0.4 is 10.6 Å². The third-order valence-electron chi connectivity index (χ3n) is 3.53. The van der Waals surface area contributed by atoms with E-state index in [2.05, 4.69) is 33.2 Å². The average Bonchev–Trinajstić information content (AvgIpc) is 3.10. The predicted octanol–water partition coefficient (Wildman–Crippen LogP) is 6.38. The van der Waals surface area contributed by atoms with Gasteiger partial charge < -0.3 is 9.73 Å². The molecule has 0 aliphatic carbocycles. The second-order valence-electron chi connectivity index (χ2n) is 5.62. The fraction of sp³-hybridized carbons (Fsp3) is 0. The van der Waals surface area contributed by atoms with Gasteiger partial charge in [0.05, 0.1) is 5.69 Å². The fourth-order valence-corrected chi connectivity index (χ4v) is 3.58. The number of thiocarbonyl (C=S) groups is 1. The van der Waals surface area contributed by atoms with Gasteiger partial charge in [-0.15, -0.1) is 0 Å². The number of hydrogen-bond acceptors (Lipinski definition) is 3. The lowest BCUT2D eigenvalue weighted by Crippen LogP contribution is -2.33. The number of hydrogen-bond donors (Lipinski definition) is 2. The number of amides is 1. The summed E-state index contributed by atoms with van der Waals surface area (Å²) in [5.41, 5.74) is 1.58. The van der Waals surface area contributed by atoms with Crippen LogP contribution in [0.2, 0.25) is 10.0 Å². The van der Waals surface area contributed by atoms with Crippen LogP contribution in [0, 0.1) is 3.57 Å². The van der Waals surface area contributed by atoms with Crippen LogP contribution in [0.15, 0.2) is 65.1 Å². The van der Waals surface area contributed by atoms with E-state index in [1.54, 1.807) is 36.4 Å². The summed E-state index contributed by atoms with van der Waals surface area (Å²) in [5.74, 6) is 0.741. The molecule has 1 heterocycles. The molecule has 8 heteroatoms. The van der Waals surface area contributed by atoms with Gasteiger partial charge in [0.15, 0.2) is 5.11 Å². The molecule has 0 saturated carbocycles. The quantitative estimate of drug-likeness (QED) is 0.228. The summed E-state index contributed by atoms with van der Waals surface area (Å²) in [5, 5.41) is 6.83. The average molecular weight is 543 g/mol. The first-order valence-corrected chi connectivity index (χ1v) is 10.3. The molecule has 0 bridgehead atoms. The predicted molar refractivity (Wildman–Crippen MR) is 127 cm³/mol. The van der Waals surface area contributed by atoms with Gasteiger partial charge in [0, 0.05) is 25.3 Å². The zero-order valence-electron chi connectivity index (χ0n) is 14.2. The molecule has 0 radical (unpaired) electrons. The maximum atomic E-state index is 12.1. The fourth-order valence-electron chi connectivity index (χ4n) is 2.32. The van der Waals surface area contributed by atoms with Crippen molar-refractivity contribution in [1.29, 1.82) is 0 Å². The standard InChI is InChI=1S/C20H13Cl2IN2O2S/c21-13-9-12(10-14(22)11-13)18-7-5-15(27-18)6-8-19(26)25-20(28)24-17-4-2-1-3-16(17)23/h1-11H,(H2,24,25,26,28)/b8-6+. The Morgan fingerprint density at radius 3 is 2.50 bits per heavy atom. The number of anilines is 1. The Labute approximate surface area is 191 Å². The third kappa shape index (κ3) is 5.81. The van der Waals surface area contributed by atoms with Crippen LogP contribution in [0.4, 0.5) is 5.69 Å². The number of nitrogens with one attached hydrogen (secondary N) is 2. The Hall–Kier alpha value is -1.87. The topological polar surface area (TPSA) is 54.3 Å². The van der Waals surface area contributed by atoms with Crippen LogP contribution in [0.1, 0.15) is 5.76 Å². The van der Waals surface area contributed by atoms with Crippen molar-refractivity contribution in [2.24, 2.45) is 0 Å². The number of benzene rings is 2. The number of rotatable bonds is 4. The van der Waals surface area contributed by atoms with E-state index in [1.807, 2.05) is 24.3 Å². The molecule has 0 unspecified atom stereocenters. The van der Waals surface area contributed by atoms with Crippen molar-refractivity contribution in [1.82, 2.24) is 5.32 Å². The molecule has 28 heavy (non-hydrogen) atoms. The van der Waals surface area contributed by atoms with Crippen molar-refractivity contribution in [3.05, 3.63) is 80.0 Å². The first kappa shape index (κ1) is 20.9. The van der Waals surface area contributed by atoms with E-state index in [0.29, 0.717) is 21.6 Å². The second-order valence-corrected chi connectivity index (χ2v) is 8.06. The smallest absolute Gasteiger partial charge is 0.250 e. The van der Waals surface area contributed by atoms with Crippen LogP contribution in [0.25, 0.3) is 17.4 Å². The highest BCUT2D eigenvalue weighted by Gasteiger charge is 2.07. The molecule has 1 amide bonds. The van der Waals surface area contributed by atoms with Gasteiger partial charge in [-0.05, 0) is 83.3 Å². The highest BCUT2D eigenvalue weighted by Crippen LogP contribution is 2.28. The van der Waals surface area contributed by atoms with E-state index in [1.165, 1.54) is 6.08 Å². The molecule has 4 nitrogen and oxygen atoms in total. The molecule has 2 N–H and O–H groups in total. The normalized spacial score (nSPS) is 10.8. The number of halogens is 3. The minimum Gasteiger partial charge on any atom is -0.457 e. The summed E-state index contributed by atoms with van der Waals surface area (Å²) in [6.45, 7) is 0. The molecule has 3 aromatic rings. The van der Waals surface area contributed by atoms with Gasteiger partial charge in [-0.1, -0.05) is 35.3 Å². The van der Waals surface area contributed by atoms with Crippen LogP contribution in [0.3, 0.4) is 0 Å². The Morgan fingerprint density at radius 1 is 1.07 bits per heavy atom. The van der Waals surface area contributed by atoms with Crippen LogP contribution in [-0.4, -0.2) is 11.0 Å². The molecule has 0 fully saturated rings. The molecule has 142 valence electrons. The Kier molecular flexibility index (Phi) is 7.12. The lowest BCUT2D eigenvalue weighted by molar-refractivity contribution is -0.115. The Bertz CT molecular complexity index is 1050. The summed E-state index contributed by atoms with van der Waals surface area (Å²) >= 11 is 19.4. The number of para-hydroxylation sites is 1. The minimum atomic E-state index is -0.368. The van der Waals surface area contributed by atoms with Crippen molar-refractivity contribution in [3.63, 3.8) is 0 Å². The van der Waals surface area contributed by atoms with Crippen molar-refractivity contribution < 1.29 is 9.21 Å². The van der Waals surface area contributed by atoms with Crippen molar-refractivity contribution in [3.8, 4) is 11.3 Å². The third-order valence-corrected chi connectivity index (χ3v) is 5.11. The van der Waals surface area contributed by atoms with Gasteiger partial charge in [-0.25, -0.2) is 0 Å². The molecule has 0 aliphatic rings. The summed E-state index contributed by atoms with van der Waals surface area (Å²) in [6, 6.07) is 16.3. The maximum absolute atomic E-state index is 12.1.